The zero-order valence-corrected chi connectivity index (χ0v) is 22.5. The highest BCUT2D eigenvalue weighted by molar-refractivity contribution is 6.30. The molecule has 4 aromatic heterocycles. The summed E-state index contributed by atoms with van der Waals surface area (Å²) in [4.78, 5) is 38.3. The first-order valence-electron chi connectivity index (χ1n) is 12.3. The van der Waals surface area contributed by atoms with Crippen molar-refractivity contribution in [3.05, 3.63) is 89.0 Å². The van der Waals surface area contributed by atoms with Crippen molar-refractivity contribution in [3.63, 3.8) is 0 Å². The van der Waals surface area contributed by atoms with Gasteiger partial charge in [-0.25, -0.2) is 29.1 Å². The van der Waals surface area contributed by atoms with Crippen LogP contribution in [0.4, 0.5) is 19.0 Å². The Balaban J connectivity index is 1.42. The van der Waals surface area contributed by atoms with Gasteiger partial charge in [-0.15, -0.1) is 10.2 Å². The largest absolute Gasteiger partial charge is 0.416 e. The van der Waals surface area contributed by atoms with E-state index < -0.39 is 30.6 Å². The average molecular weight is 603 g/mol. The number of imidazole rings is 1. The molecule has 4 heterocycles. The highest BCUT2D eigenvalue weighted by Gasteiger charge is 2.39. The number of carbonyl (C=O) groups excluding carboxylic acids is 1. The fraction of sp³-hybridized carbons (Fsp3) is 0.240. The van der Waals surface area contributed by atoms with Crippen LogP contribution in [0.25, 0.3) is 17.1 Å². The van der Waals surface area contributed by atoms with Gasteiger partial charge < -0.3 is 15.0 Å². The molecule has 0 radical (unpaired) electrons. The number of aliphatic hydroxyl groups is 1. The summed E-state index contributed by atoms with van der Waals surface area (Å²) in [6.45, 7) is 0.315. The topological polar surface area (TPSA) is 151 Å². The van der Waals surface area contributed by atoms with E-state index in [1.165, 1.54) is 47.8 Å². The number of halogens is 4. The van der Waals surface area contributed by atoms with Gasteiger partial charge in [-0.1, -0.05) is 11.6 Å². The Morgan fingerprint density at radius 1 is 1.10 bits per heavy atom. The predicted molar refractivity (Wildman–Crippen MR) is 143 cm³/mol. The normalized spacial score (nSPS) is 13.2. The van der Waals surface area contributed by atoms with E-state index in [1.54, 1.807) is 36.0 Å². The molecule has 17 heteroatoms. The minimum absolute atomic E-state index is 0.0914. The number of nitrogens with zero attached hydrogens (tertiary/aromatic N) is 9. The molecular formula is C25H22ClF3N10O3. The van der Waals surface area contributed by atoms with Gasteiger partial charge in [-0.3, -0.25) is 9.36 Å². The lowest BCUT2D eigenvalue weighted by Gasteiger charge is -2.15. The van der Waals surface area contributed by atoms with Gasteiger partial charge in [0.2, 0.25) is 5.91 Å². The fourth-order valence-corrected chi connectivity index (χ4v) is 4.08. The van der Waals surface area contributed by atoms with Crippen LogP contribution < -0.4 is 11.0 Å². The van der Waals surface area contributed by atoms with Gasteiger partial charge in [0.15, 0.2) is 23.6 Å². The van der Waals surface area contributed by atoms with Gasteiger partial charge in [0.1, 0.15) is 24.6 Å². The van der Waals surface area contributed by atoms with Crippen molar-refractivity contribution in [2.75, 3.05) is 5.32 Å². The van der Waals surface area contributed by atoms with Crippen LogP contribution in [-0.4, -0.2) is 66.9 Å². The Morgan fingerprint density at radius 3 is 2.55 bits per heavy atom. The Kier molecular flexibility index (Phi) is 7.91. The number of alkyl halides is 3. The third-order valence-corrected chi connectivity index (χ3v) is 6.47. The maximum atomic E-state index is 13.1. The number of aromatic nitrogens is 9. The van der Waals surface area contributed by atoms with Crippen molar-refractivity contribution in [2.45, 2.75) is 38.3 Å². The number of aliphatic hydroxyl groups excluding tert-OH is 1. The predicted octanol–water partition coefficient (Wildman–Crippen LogP) is 2.71. The minimum atomic E-state index is -4.95. The summed E-state index contributed by atoms with van der Waals surface area (Å²) in [5.74, 6) is -0.183. The molecule has 42 heavy (non-hydrogen) atoms. The van der Waals surface area contributed by atoms with Crippen LogP contribution in [0.15, 0.2) is 72.4 Å². The molecular weight excluding hydrogens is 581 g/mol. The van der Waals surface area contributed by atoms with E-state index in [0.717, 1.165) is 9.25 Å². The summed E-state index contributed by atoms with van der Waals surface area (Å²) >= 11 is 5.92. The quantitative estimate of drug-likeness (QED) is 0.261. The number of anilines is 1. The first-order valence-corrected chi connectivity index (χ1v) is 12.7. The number of hydrogen-bond acceptors (Lipinski definition) is 8. The van der Waals surface area contributed by atoms with E-state index in [-0.39, 0.29) is 29.9 Å². The summed E-state index contributed by atoms with van der Waals surface area (Å²) in [5, 5.41) is 21.3. The molecule has 0 fully saturated rings. The number of amides is 1. The number of hydrogen-bond donors (Lipinski definition) is 2. The lowest BCUT2D eigenvalue weighted by Crippen LogP contribution is -2.37. The SMILES string of the molecule is CC(C(=O)Nc1ncccc1-n1cnc(Cn2nc(-c3ccc(Cl)cc3)n(C[C@H](O)C(F)(F)F)c2=O)n1)n1ccnc1. The first kappa shape index (κ1) is 28.7. The van der Waals surface area contributed by atoms with E-state index in [4.69, 9.17) is 11.6 Å². The van der Waals surface area contributed by atoms with Crippen molar-refractivity contribution in [3.8, 4) is 17.1 Å². The molecule has 0 saturated carbocycles. The number of benzene rings is 1. The second-order valence-electron chi connectivity index (χ2n) is 9.09. The summed E-state index contributed by atoms with van der Waals surface area (Å²) in [6.07, 6.45) is -0.218. The second-order valence-corrected chi connectivity index (χ2v) is 9.53. The van der Waals surface area contributed by atoms with Crippen LogP contribution in [0.3, 0.4) is 0 Å². The van der Waals surface area contributed by atoms with Crippen LogP contribution in [0.5, 0.6) is 0 Å². The Hall–Kier alpha value is -4.83. The molecule has 0 bridgehead atoms. The van der Waals surface area contributed by atoms with Gasteiger partial charge in [0.25, 0.3) is 0 Å². The molecule has 0 spiro atoms. The second kappa shape index (κ2) is 11.6. The van der Waals surface area contributed by atoms with Crippen LogP contribution in [0, 0.1) is 0 Å². The smallest absolute Gasteiger partial charge is 0.382 e. The molecule has 5 rings (SSSR count). The first-order chi connectivity index (χ1) is 20.0. The van der Waals surface area contributed by atoms with Gasteiger partial charge in [-0.2, -0.15) is 13.2 Å². The van der Waals surface area contributed by atoms with E-state index in [9.17, 15) is 27.9 Å². The molecule has 2 N–H and O–H groups in total. The monoisotopic (exact) mass is 602 g/mol. The molecule has 0 aliphatic carbocycles. The van der Waals surface area contributed by atoms with Crippen molar-refractivity contribution in [1.82, 2.24) is 43.6 Å². The van der Waals surface area contributed by atoms with Gasteiger partial charge in [0, 0.05) is 29.2 Å². The maximum Gasteiger partial charge on any atom is 0.416 e. The zero-order valence-electron chi connectivity index (χ0n) is 21.7. The van der Waals surface area contributed by atoms with Crippen molar-refractivity contribution < 1.29 is 23.1 Å². The number of rotatable bonds is 9. The van der Waals surface area contributed by atoms with Gasteiger partial charge in [-0.05, 0) is 43.3 Å². The highest BCUT2D eigenvalue weighted by atomic mass is 35.5. The summed E-state index contributed by atoms with van der Waals surface area (Å²) in [6, 6.07) is 8.65. The lowest BCUT2D eigenvalue weighted by molar-refractivity contribution is -0.207. The Morgan fingerprint density at radius 2 is 1.86 bits per heavy atom. The molecule has 1 amide bonds. The standard InChI is InChI=1S/C25H22ClF3N10O3/c1-15(36-10-9-30-13-36)23(41)33-21-18(3-2-8-31-21)39-14-32-20(34-39)12-38-24(42)37(11-19(40)25(27,28)29)22(35-38)16-4-6-17(26)7-5-16/h2-10,13-15,19,40H,11-12H2,1H3,(H,31,33,41)/t15?,19-/m0/s1. The van der Waals surface area contributed by atoms with E-state index in [1.807, 2.05) is 0 Å². The van der Waals surface area contributed by atoms with E-state index >= 15 is 0 Å². The average Bonchev–Trinajstić information content (AvgIpc) is 3.72. The summed E-state index contributed by atoms with van der Waals surface area (Å²) in [7, 11) is 0. The molecule has 5 aromatic rings. The third-order valence-electron chi connectivity index (χ3n) is 6.22. The molecule has 1 aromatic carbocycles. The van der Waals surface area contributed by atoms with E-state index in [2.05, 4.69) is 30.5 Å². The van der Waals surface area contributed by atoms with Gasteiger partial charge >= 0.3 is 11.9 Å². The molecule has 218 valence electrons. The van der Waals surface area contributed by atoms with Crippen molar-refractivity contribution in [1.29, 1.82) is 0 Å². The molecule has 0 aliphatic rings. The summed E-state index contributed by atoms with van der Waals surface area (Å²) in [5.41, 5.74) is -0.235. The van der Waals surface area contributed by atoms with Crippen LogP contribution in [0.2, 0.25) is 5.02 Å². The highest BCUT2D eigenvalue weighted by Crippen LogP contribution is 2.24. The van der Waals surface area contributed by atoms with Gasteiger partial charge in [0.05, 0.1) is 12.9 Å². The van der Waals surface area contributed by atoms with Crippen molar-refractivity contribution >= 4 is 23.3 Å². The molecule has 1 unspecified atom stereocenters. The number of pyridine rings is 1. The number of carbonyl (C=O) groups is 1. The lowest BCUT2D eigenvalue weighted by atomic mass is 10.2. The van der Waals surface area contributed by atoms with Crippen LogP contribution in [0.1, 0.15) is 18.8 Å². The van der Waals surface area contributed by atoms with E-state index in [0.29, 0.717) is 16.3 Å². The third kappa shape index (κ3) is 6.08. The van der Waals surface area contributed by atoms with Crippen LogP contribution in [-0.2, 0) is 17.9 Å². The Labute approximate surface area is 239 Å². The van der Waals surface area contributed by atoms with Crippen molar-refractivity contribution in [2.24, 2.45) is 0 Å². The zero-order chi connectivity index (χ0) is 30.0. The Bertz CT molecular complexity index is 1750. The van der Waals surface area contributed by atoms with Crippen LogP contribution >= 0.6 is 11.6 Å². The number of nitrogens with one attached hydrogen (secondary N) is 1. The molecule has 2 atom stereocenters. The maximum absolute atomic E-state index is 13.1. The fourth-order valence-electron chi connectivity index (χ4n) is 3.95. The summed E-state index contributed by atoms with van der Waals surface area (Å²) < 4.78 is 44.0. The molecule has 13 nitrogen and oxygen atoms in total. The minimum Gasteiger partial charge on any atom is -0.382 e. The molecule has 0 aliphatic heterocycles. The molecule has 0 saturated heterocycles.